The van der Waals surface area contributed by atoms with Crippen molar-refractivity contribution in [2.24, 2.45) is 0 Å². The lowest BCUT2D eigenvalue weighted by molar-refractivity contribution is 0.102. The van der Waals surface area contributed by atoms with Gasteiger partial charge < -0.3 is 5.32 Å². The molecule has 1 amide bonds. The molecule has 0 bridgehead atoms. The maximum Gasteiger partial charge on any atom is 0.255 e. The molecule has 0 atom stereocenters. The van der Waals surface area contributed by atoms with E-state index in [1.165, 1.54) is 18.4 Å². The third-order valence-corrected chi connectivity index (χ3v) is 3.67. The summed E-state index contributed by atoms with van der Waals surface area (Å²) in [5.74, 6) is -0.0747. The van der Waals surface area contributed by atoms with Crippen molar-refractivity contribution in [1.29, 1.82) is 0 Å². The van der Waals surface area contributed by atoms with Gasteiger partial charge in [-0.1, -0.05) is 41.4 Å². The van der Waals surface area contributed by atoms with Crippen LogP contribution < -0.4 is 5.32 Å². The SMILES string of the molecule is CCCCc1ccc(C(=O)Nc2ccc(Br)cc2)cc1. The summed E-state index contributed by atoms with van der Waals surface area (Å²) in [5.41, 5.74) is 2.77. The highest BCUT2D eigenvalue weighted by Gasteiger charge is 2.05. The summed E-state index contributed by atoms with van der Waals surface area (Å²) in [6.07, 6.45) is 3.45. The number of unbranched alkanes of at least 4 members (excludes halogenated alkanes) is 1. The van der Waals surface area contributed by atoms with E-state index in [4.69, 9.17) is 0 Å². The number of hydrogen-bond donors (Lipinski definition) is 1. The number of rotatable bonds is 5. The minimum atomic E-state index is -0.0747. The third-order valence-electron chi connectivity index (χ3n) is 3.14. The molecular formula is C17H18BrNO. The van der Waals surface area contributed by atoms with E-state index in [1.54, 1.807) is 0 Å². The van der Waals surface area contributed by atoms with E-state index in [0.717, 1.165) is 16.6 Å². The molecule has 2 rings (SSSR count). The van der Waals surface area contributed by atoms with Crippen LogP contribution >= 0.6 is 15.9 Å². The number of nitrogens with one attached hydrogen (secondary N) is 1. The molecule has 2 aromatic carbocycles. The molecule has 0 aliphatic heterocycles. The molecule has 104 valence electrons. The Bertz CT molecular complexity index is 561. The molecule has 0 fully saturated rings. The molecule has 2 nitrogen and oxygen atoms in total. The van der Waals surface area contributed by atoms with E-state index in [2.05, 4.69) is 28.2 Å². The molecule has 20 heavy (non-hydrogen) atoms. The molecular weight excluding hydrogens is 314 g/mol. The summed E-state index contributed by atoms with van der Waals surface area (Å²) in [7, 11) is 0. The van der Waals surface area contributed by atoms with Gasteiger partial charge in [0.2, 0.25) is 0 Å². The van der Waals surface area contributed by atoms with Crippen LogP contribution in [0.2, 0.25) is 0 Å². The highest BCUT2D eigenvalue weighted by atomic mass is 79.9. The Morgan fingerprint density at radius 2 is 1.70 bits per heavy atom. The zero-order chi connectivity index (χ0) is 14.4. The molecule has 1 N–H and O–H groups in total. The monoisotopic (exact) mass is 331 g/mol. The lowest BCUT2D eigenvalue weighted by atomic mass is 10.1. The maximum absolute atomic E-state index is 12.1. The summed E-state index contributed by atoms with van der Waals surface area (Å²) in [6.45, 7) is 2.18. The Morgan fingerprint density at radius 3 is 2.30 bits per heavy atom. The average molecular weight is 332 g/mol. The fourth-order valence-electron chi connectivity index (χ4n) is 1.94. The summed E-state index contributed by atoms with van der Waals surface area (Å²) >= 11 is 3.37. The number of halogens is 1. The van der Waals surface area contributed by atoms with E-state index in [-0.39, 0.29) is 5.91 Å². The standard InChI is InChI=1S/C17H18BrNO/c1-2-3-4-13-5-7-14(8-6-13)17(20)19-16-11-9-15(18)10-12-16/h5-12H,2-4H2,1H3,(H,19,20). The Balaban J connectivity index is 2.00. The van der Waals surface area contributed by atoms with Crippen LogP contribution in [0.15, 0.2) is 53.0 Å². The molecule has 0 heterocycles. The Hall–Kier alpha value is -1.61. The van der Waals surface area contributed by atoms with Gasteiger partial charge in [0.1, 0.15) is 0 Å². The molecule has 0 unspecified atom stereocenters. The first-order chi connectivity index (χ1) is 9.69. The molecule has 0 spiro atoms. The van der Waals surface area contributed by atoms with Crippen molar-refractivity contribution in [3.8, 4) is 0 Å². The molecule has 0 saturated heterocycles. The van der Waals surface area contributed by atoms with Gasteiger partial charge in [0, 0.05) is 15.7 Å². The summed E-state index contributed by atoms with van der Waals surface area (Å²) in [4.78, 5) is 12.1. The van der Waals surface area contributed by atoms with Crippen LogP contribution in [0.25, 0.3) is 0 Å². The van der Waals surface area contributed by atoms with Gasteiger partial charge in [-0.15, -0.1) is 0 Å². The van der Waals surface area contributed by atoms with Crippen molar-refractivity contribution < 1.29 is 4.79 Å². The van der Waals surface area contributed by atoms with E-state index in [9.17, 15) is 4.79 Å². The van der Waals surface area contributed by atoms with Crippen molar-refractivity contribution in [3.05, 3.63) is 64.1 Å². The van der Waals surface area contributed by atoms with Gasteiger partial charge in [0.25, 0.3) is 5.91 Å². The van der Waals surface area contributed by atoms with Gasteiger partial charge >= 0.3 is 0 Å². The predicted octanol–water partition coefficient (Wildman–Crippen LogP) is 5.04. The van der Waals surface area contributed by atoms with Crippen molar-refractivity contribution in [2.45, 2.75) is 26.2 Å². The Morgan fingerprint density at radius 1 is 1.05 bits per heavy atom. The minimum absolute atomic E-state index is 0.0747. The van der Waals surface area contributed by atoms with Crippen molar-refractivity contribution in [2.75, 3.05) is 5.32 Å². The van der Waals surface area contributed by atoms with Gasteiger partial charge in [0.05, 0.1) is 0 Å². The highest BCUT2D eigenvalue weighted by Crippen LogP contribution is 2.15. The van der Waals surface area contributed by atoms with Gasteiger partial charge in [-0.2, -0.15) is 0 Å². The molecule has 0 saturated carbocycles. The summed E-state index contributed by atoms with van der Waals surface area (Å²) in [6, 6.07) is 15.4. The largest absolute Gasteiger partial charge is 0.322 e. The second kappa shape index (κ2) is 7.25. The van der Waals surface area contributed by atoms with E-state index < -0.39 is 0 Å². The van der Waals surface area contributed by atoms with Gasteiger partial charge in [-0.25, -0.2) is 0 Å². The summed E-state index contributed by atoms with van der Waals surface area (Å²) < 4.78 is 0.996. The molecule has 2 aromatic rings. The van der Waals surface area contributed by atoms with Crippen LogP contribution in [0, 0.1) is 0 Å². The minimum Gasteiger partial charge on any atom is -0.322 e. The first kappa shape index (κ1) is 14.8. The predicted molar refractivity (Wildman–Crippen MR) is 87.1 cm³/mol. The zero-order valence-corrected chi connectivity index (χ0v) is 13.1. The zero-order valence-electron chi connectivity index (χ0n) is 11.5. The molecule has 3 heteroatoms. The van der Waals surface area contributed by atoms with Gasteiger partial charge in [-0.05, 0) is 54.8 Å². The molecule has 0 radical (unpaired) electrons. The molecule has 0 aromatic heterocycles. The lowest BCUT2D eigenvalue weighted by Crippen LogP contribution is -2.11. The number of hydrogen-bond acceptors (Lipinski definition) is 1. The van der Waals surface area contributed by atoms with Crippen LogP contribution in [-0.4, -0.2) is 5.91 Å². The Labute approximate surface area is 128 Å². The van der Waals surface area contributed by atoms with Crippen LogP contribution in [0.3, 0.4) is 0 Å². The summed E-state index contributed by atoms with van der Waals surface area (Å²) in [5, 5.41) is 2.89. The lowest BCUT2D eigenvalue weighted by Gasteiger charge is -2.06. The van der Waals surface area contributed by atoms with Gasteiger partial charge in [0.15, 0.2) is 0 Å². The van der Waals surface area contributed by atoms with Crippen LogP contribution in [-0.2, 0) is 6.42 Å². The second-order valence-corrected chi connectivity index (χ2v) is 5.68. The number of anilines is 1. The Kier molecular flexibility index (Phi) is 5.36. The van der Waals surface area contributed by atoms with Gasteiger partial charge in [-0.3, -0.25) is 4.79 Å². The first-order valence-corrected chi connectivity index (χ1v) is 7.64. The highest BCUT2D eigenvalue weighted by molar-refractivity contribution is 9.10. The van der Waals surface area contributed by atoms with Crippen molar-refractivity contribution in [1.82, 2.24) is 0 Å². The number of carbonyl (C=O) groups excluding carboxylic acids is 1. The van der Waals surface area contributed by atoms with Crippen LogP contribution in [0.5, 0.6) is 0 Å². The topological polar surface area (TPSA) is 29.1 Å². The maximum atomic E-state index is 12.1. The second-order valence-electron chi connectivity index (χ2n) is 4.76. The average Bonchev–Trinajstić information content (AvgIpc) is 2.48. The number of aryl methyl sites for hydroxylation is 1. The number of carbonyl (C=O) groups is 1. The number of benzene rings is 2. The van der Waals surface area contributed by atoms with E-state index >= 15 is 0 Å². The van der Waals surface area contributed by atoms with Crippen LogP contribution in [0.1, 0.15) is 35.7 Å². The molecule has 0 aliphatic rings. The third kappa shape index (κ3) is 4.20. The first-order valence-electron chi connectivity index (χ1n) is 6.85. The normalized spacial score (nSPS) is 10.3. The quantitative estimate of drug-likeness (QED) is 0.816. The smallest absolute Gasteiger partial charge is 0.255 e. The fourth-order valence-corrected chi connectivity index (χ4v) is 2.20. The van der Waals surface area contributed by atoms with Crippen molar-refractivity contribution in [3.63, 3.8) is 0 Å². The van der Waals surface area contributed by atoms with E-state index in [1.807, 2.05) is 48.5 Å². The van der Waals surface area contributed by atoms with E-state index in [0.29, 0.717) is 5.56 Å². The van der Waals surface area contributed by atoms with Crippen LogP contribution in [0.4, 0.5) is 5.69 Å². The molecule has 0 aliphatic carbocycles. The number of amides is 1. The fraction of sp³-hybridized carbons (Fsp3) is 0.235. The van der Waals surface area contributed by atoms with Crippen molar-refractivity contribution >= 4 is 27.5 Å².